The highest BCUT2D eigenvalue weighted by atomic mass is 19.1. The molecule has 2 unspecified atom stereocenters. The van der Waals surface area contributed by atoms with Crippen LogP contribution in [0.15, 0.2) is 23.8 Å². The van der Waals surface area contributed by atoms with Crippen molar-refractivity contribution in [2.24, 2.45) is 34.0 Å². The summed E-state index contributed by atoms with van der Waals surface area (Å²) < 4.78 is 17.3. The minimum absolute atomic E-state index is 0.0672. The van der Waals surface area contributed by atoms with E-state index in [1.54, 1.807) is 13.0 Å². The first-order valence-corrected chi connectivity index (χ1v) is 12.3. The van der Waals surface area contributed by atoms with Crippen molar-refractivity contribution in [3.63, 3.8) is 0 Å². The zero-order chi connectivity index (χ0) is 25.1. The molecule has 1 amide bonds. The van der Waals surface area contributed by atoms with Crippen molar-refractivity contribution in [3.8, 4) is 0 Å². The maximum atomic E-state index is 17.3. The summed E-state index contributed by atoms with van der Waals surface area (Å²) in [5, 5.41) is 32.7. The van der Waals surface area contributed by atoms with E-state index in [9.17, 15) is 24.6 Å². The van der Waals surface area contributed by atoms with Crippen molar-refractivity contribution < 1.29 is 34.1 Å². The number of allylic oxidation sites excluding steroid dienone is 4. The summed E-state index contributed by atoms with van der Waals surface area (Å²) in [5.74, 6) is -1.33. The highest BCUT2D eigenvalue weighted by Gasteiger charge is 2.75. The van der Waals surface area contributed by atoms with E-state index in [0.717, 1.165) is 0 Å². The molecule has 0 heterocycles. The van der Waals surface area contributed by atoms with Gasteiger partial charge in [-0.2, -0.15) is 0 Å². The van der Waals surface area contributed by atoms with Crippen LogP contribution in [0.4, 0.5) is 9.18 Å². The Morgan fingerprint density at radius 1 is 1.26 bits per heavy atom. The number of ketones is 2. The Hall–Kier alpha value is -2.06. The fourth-order valence-corrected chi connectivity index (χ4v) is 8.62. The van der Waals surface area contributed by atoms with E-state index >= 15 is 4.39 Å². The van der Waals surface area contributed by atoms with Crippen molar-refractivity contribution >= 4 is 17.7 Å². The molecule has 0 aliphatic heterocycles. The summed E-state index contributed by atoms with van der Waals surface area (Å²) >= 11 is 0. The molecule has 0 saturated heterocycles. The number of carbonyl (C=O) groups is 3. The highest BCUT2D eigenvalue weighted by molar-refractivity contribution is 6.01. The predicted molar refractivity (Wildman–Crippen MR) is 123 cm³/mol. The molecular weight excluding hydrogens is 441 g/mol. The topological polar surface area (TPSA) is 124 Å². The van der Waals surface area contributed by atoms with Gasteiger partial charge >= 0.3 is 6.09 Å². The monoisotopic (exact) mass is 477 g/mol. The van der Waals surface area contributed by atoms with Crippen molar-refractivity contribution in [1.82, 2.24) is 5.32 Å². The number of amides is 1. The SMILES string of the molecule is CC1C[C@H]2[C@@H]3CCC4=CC(=O)C=C[C@]4(C)[C@@]3(F)C(O)C[C@]2(C)[C@@]1(CCCNC(=O)O)C(=O)CO. The minimum Gasteiger partial charge on any atom is -0.465 e. The fraction of sp³-hybridized carbons (Fsp3) is 0.731. The average Bonchev–Trinajstić information content (AvgIpc) is 2.99. The molecule has 0 bridgehead atoms. The number of alkyl halides is 1. The Morgan fingerprint density at radius 3 is 2.62 bits per heavy atom. The van der Waals surface area contributed by atoms with Crippen LogP contribution < -0.4 is 5.32 Å². The largest absolute Gasteiger partial charge is 0.465 e. The Morgan fingerprint density at radius 2 is 1.97 bits per heavy atom. The van der Waals surface area contributed by atoms with Crippen LogP contribution in [0, 0.1) is 34.0 Å². The van der Waals surface area contributed by atoms with Gasteiger partial charge in [0.15, 0.2) is 17.2 Å². The van der Waals surface area contributed by atoms with Crippen molar-refractivity contribution in [2.75, 3.05) is 13.2 Å². The van der Waals surface area contributed by atoms with Gasteiger partial charge < -0.3 is 20.6 Å². The first-order chi connectivity index (χ1) is 15.9. The number of hydrogen-bond acceptors (Lipinski definition) is 5. The molecule has 4 aliphatic carbocycles. The first-order valence-electron chi connectivity index (χ1n) is 12.3. The maximum Gasteiger partial charge on any atom is 0.404 e. The number of rotatable bonds is 6. The van der Waals surface area contributed by atoms with Gasteiger partial charge in [-0.3, -0.25) is 9.59 Å². The van der Waals surface area contributed by atoms with Crippen molar-refractivity contribution in [2.45, 2.75) is 71.1 Å². The van der Waals surface area contributed by atoms with Crippen LogP contribution in [-0.4, -0.2) is 57.9 Å². The van der Waals surface area contributed by atoms with Crippen LogP contribution in [0.25, 0.3) is 0 Å². The zero-order valence-corrected chi connectivity index (χ0v) is 20.1. The molecule has 188 valence electrons. The number of Topliss-reactive ketones (excluding diaryl/α,β-unsaturated/α-hetero) is 1. The lowest BCUT2D eigenvalue weighted by Crippen LogP contribution is -2.68. The Bertz CT molecular complexity index is 963. The van der Waals surface area contributed by atoms with Gasteiger partial charge in [-0.1, -0.05) is 25.5 Å². The van der Waals surface area contributed by atoms with Gasteiger partial charge in [0.1, 0.15) is 6.61 Å². The lowest BCUT2D eigenvalue weighted by atomic mass is 9.42. The van der Waals surface area contributed by atoms with Gasteiger partial charge in [0.05, 0.1) is 6.10 Å². The normalized spacial score (nSPS) is 45.1. The molecule has 0 aromatic rings. The summed E-state index contributed by atoms with van der Waals surface area (Å²) in [6.45, 7) is 5.21. The molecule has 7 nitrogen and oxygen atoms in total. The Labute approximate surface area is 199 Å². The number of carboxylic acid groups (broad SMARTS) is 1. The summed E-state index contributed by atoms with van der Waals surface area (Å²) in [6, 6.07) is 0. The van der Waals surface area contributed by atoms with Crippen LogP contribution in [0.1, 0.15) is 59.3 Å². The van der Waals surface area contributed by atoms with Crippen LogP contribution in [-0.2, 0) is 9.59 Å². The summed E-state index contributed by atoms with van der Waals surface area (Å²) in [5.41, 5.74) is -4.08. The van der Waals surface area contributed by atoms with Crippen LogP contribution in [0.5, 0.6) is 0 Å². The minimum atomic E-state index is -1.97. The van der Waals surface area contributed by atoms with E-state index in [1.165, 1.54) is 12.2 Å². The Kier molecular flexibility index (Phi) is 6.09. The number of halogens is 1. The molecule has 34 heavy (non-hydrogen) atoms. The van der Waals surface area contributed by atoms with E-state index in [4.69, 9.17) is 5.11 Å². The average molecular weight is 478 g/mol. The van der Waals surface area contributed by atoms with E-state index in [-0.39, 0.29) is 36.4 Å². The molecule has 4 N–H and O–H groups in total. The fourth-order valence-electron chi connectivity index (χ4n) is 8.62. The van der Waals surface area contributed by atoms with Gasteiger partial charge in [0.2, 0.25) is 0 Å². The summed E-state index contributed by atoms with van der Waals surface area (Å²) in [7, 11) is 0. The van der Waals surface area contributed by atoms with Crippen LogP contribution in [0.3, 0.4) is 0 Å². The number of hydrogen-bond donors (Lipinski definition) is 4. The van der Waals surface area contributed by atoms with Gasteiger partial charge in [-0.15, -0.1) is 0 Å². The maximum absolute atomic E-state index is 17.3. The molecular formula is C26H36FNO6. The van der Waals surface area contributed by atoms with Crippen LogP contribution in [0.2, 0.25) is 0 Å². The number of carbonyl (C=O) groups excluding carboxylic acids is 2. The molecule has 3 fully saturated rings. The molecule has 8 atom stereocenters. The van der Waals surface area contributed by atoms with Gasteiger partial charge in [-0.05, 0) is 74.9 Å². The summed E-state index contributed by atoms with van der Waals surface area (Å²) in [6.07, 6.45) is 4.48. The predicted octanol–water partition coefficient (Wildman–Crippen LogP) is 3.20. The first kappa shape index (κ1) is 25.0. The molecule has 0 spiro atoms. The van der Waals surface area contributed by atoms with Crippen molar-refractivity contribution in [1.29, 1.82) is 0 Å². The molecule has 0 aromatic carbocycles. The zero-order valence-electron chi connectivity index (χ0n) is 20.1. The molecule has 4 rings (SSSR count). The second kappa shape index (κ2) is 8.26. The lowest BCUT2D eigenvalue weighted by Gasteiger charge is -2.63. The standard InChI is InChI=1S/C26H36FNO6/c1-15-11-19-18-6-5-16-12-17(30)7-9-23(16,2)26(18,27)20(31)13-24(19,3)25(15,21(32)14-29)8-4-10-28-22(33)34/h7,9,12,15,18-20,28-29,31H,4-6,8,10-11,13-14H2,1-3H3,(H,33,34)/t15?,18-,19-,20?,23-,24-,25+,26-/m0/s1. The molecule has 0 radical (unpaired) electrons. The van der Waals surface area contributed by atoms with E-state index < -0.39 is 46.6 Å². The van der Waals surface area contributed by atoms with E-state index in [0.29, 0.717) is 37.7 Å². The highest BCUT2D eigenvalue weighted by Crippen LogP contribution is 2.73. The molecule has 3 saturated carbocycles. The number of fused-ring (bicyclic) bond motifs is 5. The van der Waals surface area contributed by atoms with Gasteiger partial charge in [0, 0.05) is 23.3 Å². The Balaban J connectivity index is 1.75. The molecule has 4 aliphatic rings. The second-order valence-electron chi connectivity index (χ2n) is 11.3. The lowest BCUT2D eigenvalue weighted by molar-refractivity contribution is -0.207. The third kappa shape index (κ3) is 3.10. The third-order valence-corrected chi connectivity index (χ3v) is 10.2. The quantitative estimate of drug-likeness (QED) is 0.436. The number of nitrogens with one attached hydrogen (secondary N) is 1. The van der Waals surface area contributed by atoms with Crippen molar-refractivity contribution in [3.05, 3.63) is 23.8 Å². The van der Waals surface area contributed by atoms with E-state index in [2.05, 4.69) is 5.32 Å². The summed E-state index contributed by atoms with van der Waals surface area (Å²) in [4.78, 5) is 36.3. The van der Waals surface area contributed by atoms with Crippen LogP contribution >= 0.6 is 0 Å². The number of aliphatic hydroxyl groups is 2. The van der Waals surface area contributed by atoms with Gasteiger partial charge in [-0.25, -0.2) is 9.18 Å². The van der Waals surface area contributed by atoms with Gasteiger partial charge in [0.25, 0.3) is 0 Å². The molecule has 0 aromatic heterocycles. The van der Waals surface area contributed by atoms with E-state index in [1.807, 2.05) is 13.8 Å². The number of aliphatic hydroxyl groups excluding tert-OH is 2. The third-order valence-electron chi connectivity index (χ3n) is 10.2. The molecule has 8 heteroatoms. The second-order valence-corrected chi connectivity index (χ2v) is 11.3. The smallest absolute Gasteiger partial charge is 0.404 e.